The molecule has 0 aliphatic heterocycles. The number of halogens is 1. The third-order valence-electron chi connectivity index (χ3n) is 1.41. The van der Waals surface area contributed by atoms with Gasteiger partial charge in [0.25, 0.3) is 0 Å². The van der Waals surface area contributed by atoms with E-state index in [0.29, 0.717) is 17.0 Å². The van der Waals surface area contributed by atoms with Crippen molar-refractivity contribution >= 4 is 11.6 Å². The van der Waals surface area contributed by atoms with Crippen LogP contribution in [0.1, 0.15) is 34.1 Å². The smallest absolute Gasteiger partial charge is 0.0959 e. The Labute approximate surface area is 73.7 Å². The fourth-order valence-corrected chi connectivity index (χ4v) is 0.912. The Bertz CT molecular complexity index is 203. The number of allylic oxidation sites excluding steroid dienone is 2. The zero-order chi connectivity index (χ0) is 9.07. The summed E-state index contributed by atoms with van der Waals surface area (Å²) in [4.78, 5) is 0. The van der Waals surface area contributed by atoms with Crippen LogP contribution in [0.25, 0.3) is 0 Å². The van der Waals surface area contributed by atoms with Gasteiger partial charge < -0.3 is 0 Å². The minimum Gasteiger partial charge on any atom is -0.193 e. The SMILES string of the molecule is CCC(C#N)=C(Cl)C(C)(C)C. The zero-order valence-corrected chi connectivity index (χ0v) is 8.29. The highest BCUT2D eigenvalue weighted by Crippen LogP contribution is 2.31. The van der Waals surface area contributed by atoms with Crippen LogP contribution in [-0.2, 0) is 0 Å². The van der Waals surface area contributed by atoms with Gasteiger partial charge in [0.15, 0.2) is 0 Å². The molecule has 0 rings (SSSR count). The van der Waals surface area contributed by atoms with Gasteiger partial charge in [0.2, 0.25) is 0 Å². The van der Waals surface area contributed by atoms with Crippen LogP contribution in [0.15, 0.2) is 10.6 Å². The van der Waals surface area contributed by atoms with Crippen LogP contribution in [0.4, 0.5) is 0 Å². The number of nitrogens with zero attached hydrogens (tertiary/aromatic N) is 1. The minimum absolute atomic E-state index is 0.0946. The Balaban J connectivity index is 4.81. The van der Waals surface area contributed by atoms with Crippen LogP contribution >= 0.6 is 11.6 Å². The predicted molar refractivity (Wildman–Crippen MR) is 48.2 cm³/mol. The lowest BCUT2D eigenvalue weighted by atomic mass is 9.92. The van der Waals surface area contributed by atoms with Crippen molar-refractivity contribution in [2.45, 2.75) is 34.1 Å². The van der Waals surface area contributed by atoms with Gasteiger partial charge in [0, 0.05) is 10.6 Å². The number of nitriles is 1. The molecule has 0 atom stereocenters. The van der Waals surface area contributed by atoms with E-state index in [2.05, 4.69) is 6.07 Å². The van der Waals surface area contributed by atoms with Crippen molar-refractivity contribution in [1.82, 2.24) is 0 Å². The second-order valence-electron chi connectivity index (χ2n) is 3.51. The molecule has 2 heteroatoms. The molecule has 0 spiro atoms. The lowest BCUT2D eigenvalue weighted by molar-refractivity contribution is 0.526. The van der Waals surface area contributed by atoms with E-state index in [4.69, 9.17) is 16.9 Å². The molecule has 0 amide bonds. The van der Waals surface area contributed by atoms with E-state index in [-0.39, 0.29) is 5.41 Å². The van der Waals surface area contributed by atoms with Crippen LogP contribution in [0.2, 0.25) is 0 Å². The molecule has 0 aliphatic rings. The van der Waals surface area contributed by atoms with E-state index < -0.39 is 0 Å². The van der Waals surface area contributed by atoms with Gasteiger partial charge in [-0.05, 0) is 11.8 Å². The first-order valence-corrected chi connectivity index (χ1v) is 4.10. The summed E-state index contributed by atoms with van der Waals surface area (Å²) in [5.74, 6) is 0. The lowest BCUT2D eigenvalue weighted by Crippen LogP contribution is -2.06. The monoisotopic (exact) mass is 171 g/mol. The highest BCUT2D eigenvalue weighted by atomic mass is 35.5. The van der Waals surface area contributed by atoms with Gasteiger partial charge >= 0.3 is 0 Å². The normalized spacial score (nSPS) is 13.8. The Kier molecular flexibility index (Phi) is 3.62. The summed E-state index contributed by atoms with van der Waals surface area (Å²) in [7, 11) is 0. The van der Waals surface area contributed by atoms with Crippen molar-refractivity contribution in [3.05, 3.63) is 10.6 Å². The zero-order valence-electron chi connectivity index (χ0n) is 7.53. The number of rotatable bonds is 1. The first-order valence-electron chi connectivity index (χ1n) is 3.72. The molecule has 0 radical (unpaired) electrons. The lowest BCUT2D eigenvalue weighted by Gasteiger charge is -2.18. The molecule has 1 nitrogen and oxygen atoms in total. The molecule has 0 heterocycles. The largest absolute Gasteiger partial charge is 0.193 e. The molecule has 0 N–H and O–H groups in total. The Morgan fingerprint density at radius 3 is 2.00 bits per heavy atom. The first-order chi connectivity index (χ1) is 4.93. The summed E-state index contributed by atoms with van der Waals surface area (Å²) in [5, 5.41) is 9.35. The van der Waals surface area contributed by atoms with E-state index in [1.165, 1.54) is 0 Å². The van der Waals surface area contributed by atoms with Gasteiger partial charge in [-0.2, -0.15) is 5.26 Å². The van der Waals surface area contributed by atoms with Crippen molar-refractivity contribution in [3.8, 4) is 6.07 Å². The van der Waals surface area contributed by atoms with E-state index in [1.54, 1.807) is 0 Å². The molecule has 0 aliphatic carbocycles. The van der Waals surface area contributed by atoms with E-state index in [9.17, 15) is 0 Å². The van der Waals surface area contributed by atoms with Gasteiger partial charge in [0.1, 0.15) is 0 Å². The Morgan fingerprint density at radius 1 is 1.45 bits per heavy atom. The van der Waals surface area contributed by atoms with E-state index in [0.717, 1.165) is 0 Å². The molecule has 0 saturated heterocycles. The van der Waals surface area contributed by atoms with Crippen molar-refractivity contribution in [3.63, 3.8) is 0 Å². The molecule has 0 aromatic carbocycles. The summed E-state index contributed by atoms with van der Waals surface area (Å²) in [6, 6.07) is 2.11. The second kappa shape index (κ2) is 3.78. The summed E-state index contributed by atoms with van der Waals surface area (Å²) in [5.41, 5.74) is 0.599. The van der Waals surface area contributed by atoms with E-state index >= 15 is 0 Å². The average molecular weight is 172 g/mol. The van der Waals surface area contributed by atoms with Crippen molar-refractivity contribution in [2.24, 2.45) is 5.41 Å². The van der Waals surface area contributed by atoms with Crippen LogP contribution < -0.4 is 0 Å². The molecule has 0 bridgehead atoms. The highest BCUT2D eigenvalue weighted by Gasteiger charge is 2.18. The summed E-state index contributed by atoms with van der Waals surface area (Å²) in [6.45, 7) is 7.94. The fourth-order valence-electron chi connectivity index (χ4n) is 0.736. The van der Waals surface area contributed by atoms with Crippen molar-refractivity contribution in [1.29, 1.82) is 5.26 Å². The fraction of sp³-hybridized carbons (Fsp3) is 0.667. The van der Waals surface area contributed by atoms with Crippen molar-refractivity contribution < 1.29 is 0 Å². The van der Waals surface area contributed by atoms with Crippen LogP contribution in [0.3, 0.4) is 0 Å². The molecule has 0 unspecified atom stereocenters. The quantitative estimate of drug-likeness (QED) is 0.555. The summed E-state index contributed by atoms with van der Waals surface area (Å²) in [6.07, 6.45) is 0.715. The van der Waals surface area contributed by atoms with Crippen LogP contribution in [0.5, 0.6) is 0 Å². The standard InChI is InChI=1S/C9H14ClN/c1-5-7(6-11)8(10)9(2,3)4/h5H2,1-4H3. The van der Waals surface area contributed by atoms with Crippen LogP contribution in [-0.4, -0.2) is 0 Å². The maximum atomic E-state index is 8.67. The number of hydrogen-bond acceptors (Lipinski definition) is 1. The second-order valence-corrected chi connectivity index (χ2v) is 3.89. The third kappa shape index (κ3) is 2.95. The third-order valence-corrected chi connectivity index (χ3v) is 2.21. The summed E-state index contributed by atoms with van der Waals surface area (Å²) >= 11 is 5.98. The topological polar surface area (TPSA) is 23.8 Å². The van der Waals surface area contributed by atoms with Gasteiger partial charge in [0.05, 0.1) is 6.07 Å². The van der Waals surface area contributed by atoms with E-state index in [1.807, 2.05) is 27.7 Å². The Hall–Kier alpha value is -0.480. The molecular formula is C9H14ClN. The maximum Gasteiger partial charge on any atom is 0.0959 e. The average Bonchev–Trinajstić information content (AvgIpc) is 1.88. The van der Waals surface area contributed by atoms with Gasteiger partial charge in [-0.1, -0.05) is 39.3 Å². The minimum atomic E-state index is -0.0946. The molecule has 11 heavy (non-hydrogen) atoms. The molecule has 0 aromatic rings. The molecule has 62 valence electrons. The molecular weight excluding hydrogens is 158 g/mol. The first kappa shape index (κ1) is 10.5. The van der Waals surface area contributed by atoms with Gasteiger partial charge in [-0.3, -0.25) is 0 Å². The molecule has 0 saturated carbocycles. The van der Waals surface area contributed by atoms with Crippen molar-refractivity contribution in [2.75, 3.05) is 0 Å². The highest BCUT2D eigenvalue weighted by molar-refractivity contribution is 6.30. The molecule has 0 fully saturated rings. The van der Waals surface area contributed by atoms with Gasteiger partial charge in [-0.15, -0.1) is 0 Å². The van der Waals surface area contributed by atoms with Crippen LogP contribution in [0, 0.1) is 16.7 Å². The predicted octanol–water partition coefficient (Wildman–Crippen LogP) is 3.46. The summed E-state index contributed by atoms with van der Waals surface area (Å²) < 4.78 is 0. The van der Waals surface area contributed by atoms with Gasteiger partial charge in [-0.25, -0.2) is 0 Å². The Morgan fingerprint density at radius 2 is 1.91 bits per heavy atom. The maximum absolute atomic E-state index is 8.67. The number of hydrogen-bond donors (Lipinski definition) is 0. The molecule has 0 aromatic heterocycles.